The molecule has 0 bridgehead atoms. The minimum atomic E-state index is -4.55. The van der Waals surface area contributed by atoms with Gasteiger partial charge in [0.1, 0.15) is 11.6 Å². The molecule has 0 amide bonds. The number of thioether (sulfide) groups is 1. The molecule has 1 N–H and O–H groups in total. The third-order valence-corrected chi connectivity index (χ3v) is 3.47. The molecule has 0 aromatic carbocycles. The van der Waals surface area contributed by atoms with Gasteiger partial charge in [0.05, 0.1) is 0 Å². The fraction of sp³-hybridized carbons (Fsp3) is 0.636. The summed E-state index contributed by atoms with van der Waals surface area (Å²) >= 11 is 1.63. The van der Waals surface area contributed by atoms with Crippen LogP contribution in [0.4, 0.5) is 24.8 Å². The van der Waals surface area contributed by atoms with Gasteiger partial charge in [0.25, 0.3) is 0 Å². The number of hydrogen-bond donors (Lipinski definition) is 1. The Morgan fingerprint density at radius 3 is 2.53 bits per heavy atom. The lowest BCUT2D eigenvalue weighted by molar-refractivity contribution is -0.144. The van der Waals surface area contributed by atoms with Crippen molar-refractivity contribution in [3.8, 4) is 0 Å². The van der Waals surface area contributed by atoms with Crippen molar-refractivity contribution < 1.29 is 13.2 Å². The normalized spacial score (nSPS) is 13.2. The number of nitrogens with zero attached hydrogens (tertiary/aromatic N) is 3. The maximum atomic E-state index is 12.7. The van der Waals surface area contributed by atoms with Gasteiger partial charge in [-0.15, -0.1) is 0 Å². The van der Waals surface area contributed by atoms with E-state index < -0.39 is 12.0 Å². The zero-order valence-electron chi connectivity index (χ0n) is 11.2. The van der Waals surface area contributed by atoms with Crippen molar-refractivity contribution in [3.05, 3.63) is 11.9 Å². The van der Waals surface area contributed by atoms with Crippen LogP contribution in [0.15, 0.2) is 6.07 Å². The lowest BCUT2D eigenvalue weighted by Gasteiger charge is -2.26. The Kier molecular flexibility index (Phi) is 5.28. The van der Waals surface area contributed by atoms with E-state index in [-0.39, 0.29) is 17.7 Å². The monoisotopic (exact) mass is 294 g/mol. The quantitative estimate of drug-likeness (QED) is 0.904. The first-order chi connectivity index (χ1) is 8.79. The van der Waals surface area contributed by atoms with E-state index in [0.717, 1.165) is 5.75 Å². The van der Waals surface area contributed by atoms with Gasteiger partial charge in [0.15, 0.2) is 0 Å². The molecule has 0 aliphatic heterocycles. The van der Waals surface area contributed by atoms with Crippen molar-refractivity contribution in [2.45, 2.75) is 19.1 Å². The fourth-order valence-electron chi connectivity index (χ4n) is 1.45. The second-order valence-corrected chi connectivity index (χ2v) is 5.01. The summed E-state index contributed by atoms with van der Waals surface area (Å²) in [5, 5.41) is 2.62. The van der Waals surface area contributed by atoms with Crippen LogP contribution < -0.4 is 10.2 Å². The second kappa shape index (κ2) is 6.31. The van der Waals surface area contributed by atoms with E-state index >= 15 is 0 Å². The van der Waals surface area contributed by atoms with Crippen LogP contribution in [0.3, 0.4) is 0 Å². The molecule has 1 aromatic heterocycles. The highest BCUT2D eigenvalue weighted by Crippen LogP contribution is 2.29. The molecule has 1 heterocycles. The highest BCUT2D eigenvalue weighted by molar-refractivity contribution is 7.98. The Labute approximate surface area is 114 Å². The van der Waals surface area contributed by atoms with Gasteiger partial charge in [0.2, 0.25) is 5.82 Å². The Hall–Kier alpha value is -1.18. The lowest BCUT2D eigenvalue weighted by Crippen LogP contribution is -2.32. The van der Waals surface area contributed by atoms with Crippen LogP contribution in [0.1, 0.15) is 12.7 Å². The molecule has 0 aliphatic carbocycles. The van der Waals surface area contributed by atoms with Crippen molar-refractivity contribution >= 4 is 23.4 Å². The molecule has 8 heteroatoms. The number of nitrogens with one attached hydrogen (secondary N) is 1. The molecule has 19 heavy (non-hydrogen) atoms. The van der Waals surface area contributed by atoms with Gasteiger partial charge in [-0.2, -0.15) is 24.9 Å². The number of halogens is 3. The maximum Gasteiger partial charge on any atom is 0.451 e. The van der Waals surface area contributed by atoms with E-state index in [9.17, 15) is 13.2 Å². The van der Waals surface area contributed by atoms with Gasteiger partial charge >= 0.3 is 6.18 Å². The zero-order chi connectivity index (χ0) is 14.6. The summed E-state index contributed by atoms with van der Waals surface area (Å²) in [5.41, 5.74) is 0. The number of hydrogen-bond acceptors (Lipinski definition) is 5. The van der Waals surface area contributed by atoms with Gasteiger partial charge in [-0.1, -0.05) is 0 Å². The first-order valence-electron chi connectivity index (χ1n) is 5.65. The van der Waals surface area contributed by atoms with E-state index in [1.807, 2.05) is 13.2 Å². The molecule has 1 unspecified atom stereocenters. The van der Waals surface area contributed by atoms with E-state index in [0.29, 0.717) is 0 Å². The summed E-state index contributed by atoms with van der Waals surface area (Å²) in [6.45, 7) is 1.94. The van der Waals surface area contributed by atoms with Crippen LogP contribution in [0.2, 0.25) is 0 Å². The van der Waals surface area contributed by atoms with Gasteiger partial charge in [0, 0.05) is 32.0 Å². The molecule has 4 nitrogen and oxygen atoms in total. The SMILES string of the molecule is CNc1cc(N(C)C(C)CSC)nc(C(F)(F)F)n1. The Bertz CT molecular complexity index is 425. The molecule has 108 valence electrons. The first kappa shape index (κ1) is 15.9. The van der Waals surface area contributed by atoms with E-state index in [4.69, 9.17) is 0 Å². The standard InChI is InChI=1S/C11H17F3N4S/c1-7(6-19-4)18(3)9-5-8(15-2)16-10(17-9)11(12,13)14/h5,7H,6H2,1-4H3,(H,15,16,17). The van der Waals surface area contributed by atoms with Crippen LogP contribution >= 0.6 is 11.8 Å². The number of aromatic nitrogens is 2. The predicted molar refractivity (Wildman–Crippen MR) is 72.8 cm³/mol. The molecule has 1 atom stereocenters. The van der Waals surface area contributed by atoms with Crippen molar-refractivity contribution in [2.24, 2.45) is 0 Å². The molecular weight excluding hydrogens is 277 g/mol. The van der Waals surface area contributed by atoms with Crippen molar-refractivity contribution in [1.82, 2.24) is 9.97 Å². The van der Waals surface area contributed by atoms with E-state index in [1.165, 1.54) is 13.1 Å². The van der Waals surface area contributed by atoms with E-state index in [2.05, 4.69) is 15.3 Å². The predicted octanol–water partition coefficient (Wildman–Crippen LogP) is 2.72. The maximum absolute atomic E-state index is 12.7. The third kappa shape index (κ3) is 4.15. The second-order valence-electron chi connectivity index (χ2n) is 4.10. The summed E-state index contributed by atoms with van der Waals surface area (Å²) in [6.07, 6.45) is -2.60. The average Bonchev–Trinajstić information content (AvgIpc) is 2.36. The van der Waals surface area contributed by atoms with Gasteiger partial charge in [-0.25, -0.2) is 9.97 Å². The smallest absolute Gasteiger partial charge is 0.373 e. The van der Waals surface area contributed by atoms with Gasteiger partial charge < -0.3 is 10.2 Å². The number of rotatable bonds is 5. The highest BCUT2D eigenvalue weighted by atomic mass is 32.2. The van der Waals surface area contributed by atoms with Gasteiger partial charge in [-0.3, -0.25) is 0 Å². The third-order valence-electron chi connectivity index (χ3n) is 2.65. The summed E-state index contributed by atoms with van der Waals surface area (Å²) < 4.78 is 38.2. The fourth-order valence-corrected chi connectivity index (χ4v) is 2.15. The Morgan fingerprint density at radius 2 is 2.05 bits per heavy atom. The van der Waals surface area contributed by atoms with Crippen LogP contribution in [0, 0.1) is 0 Å². The molecule has 0 spiro atoms. The molecule has 0 radical (unpaired) electrons. The molecule has 1 rings (SSSR count). The summed E-state index contributed by atoms with van der Waals surface area (Å²) in [6, 6.07) is 1.59. The minimum Gasteiger partial charge on any atom is -0.373 e. The zero-order valence-corrected chi connectivity index (χ0v) is 12.1. The molecule has 0 aliphatic rings. The Balaban J connectivity index is 3.13. The van der Waals surface area contributed by atoms with Crippen molar-refractivity contribution in [3.63, 3.8) is 0 Å². The summed E-state index contributed by atoms with van der Waals surface area (Å²) in [7, 11) is 3.25. The van der Waals surface area contributed by atoms with Gasteiger partial charge in [-0.05, 0) is 13.2 Å². The molecular formula is C11H17F3N4S. The van der Waals surface area contributed by atoms with Crippen molar-refractivity contribution in [1.29, 1.82) is 0 Å². The number of alkyl halides is 3. The summed E-state index contributed by atoms with van der Waals surface area (Å²) in [4.78, 5) is 8.74. The lowest BCUT2D eigenvalue weighted by atomic mass is 10.3. The molecule has 0 saturated carbocycles. The van der Waals surface area contributed by atoms with Crippen molar-refractivity contribution in [2.75, 3.05) is 36.3 Å². The average molecular weight is 294 g/mol. The molecule has 0 saturated heterocycles. The van der Waals surface area contributed by atoms with Crippen LogP contribution in [-0.2, 0) is 6.18 Å². The molecule has 1 aromatic rings. The van der Waals surface area contributed by atoms with Crippen LogP contribution in [0.5, 0.6) is 0 Å². The largest absolute Gasteiger partial charge is 0.451 e. The minimum absolute atomic E-state index is 0.0793. The summed E-state index contributed by atoms with van der Waals surface area (Å²) in [5.74, 6) is 0.0859. The first-order valence-corrected chi connectivity index (χ1v) is 7.04. The topological polar surface area (TPSA) is 41.0 Å². The Morgan fingerprint density at radius 1 is 1.42 bits per heavy atom. The van der Waals surface area contributed by atoms with Crippen LogP contribution in [0.25, 0.3) is 0 Å². The highest BCUT2D eigenvalue weighted by Gasteiger charge is 2.35. The van der Waals surface area contributed by atoms with Crippen LogP contribution in [-0.4, -0.2) is 42.1 Å². The number of anilines is 2. The van der Waals surface area contributed by atoms with E-state index in [1.54, 1.807) is 23.7 Å². The molecule has 0 fully saturated rings.